The van der Waals surface area contributed by atoms with Crippen LogP contribution < -0.4 is 5.84 Å². The van der Waals surface area contributed by atoms with Crippen molar-refractivity contribution in [1.29, 1.82) is 0 Å². The van der Waals surface area contributed by atoms with Crippen LogP contribution in [-0.4, -0.2) is 36.6 Å². The number of H-pyrrole nitrogens is 1. The number of aromatic nitrogens is 5. The number of halogens is 1. The van der Waals surface area contributed by atoms with Crippen LogP contribution in [0.15, 0.2) is 40.0 Å². The van der Waals surface area contributed by atoms with Crippen LogP contribution in [0.5, 0.6) is 0 Å². The number of benzene rings is 1. The molecule has 0 fully saturated rings. The summed E-state index contributed by atoms with van der Waals surface area (Å²) in [6.45, 7) is 1.89. The number of aromatic amines is 1. The van der Waals surface area contributed by atoms with E-state index in [1.54, 1.807) is 12.1 Å². The van der Waals surface area contributed by atoms with Gasteiger partial charge in [0.1, 0.15) is 5.69 Å². The molecule has 0 saturated carbocycles. The van der Waals surface area contributed by atoms with Crippen LogP contribution in [0.1, 0.15) is 16.1 Å². The number of hydrogen-bond acceptors (Lipinski definition) is 6. The lowest BCUT2D eigenvalue weighted by atomic mass is 10.2. The van der Waals surface area contributed by atoms with Gasteiger partial charge < -0.3 is 5.84 Å². The zero-order valence-electron chi connectivity index (χ0n) is 12.2. The molecule has 2 aromatic heterocycles. The molecule has 0 radical (unpaired) electrons. The highest BCUT2D eigenvalue weighted by atomic mass is 79.9. The van der Waals surface area contributed by atoms with Crippen LogP contribution in [0.2, 0.25) is 0 Å². The summed E-state index contributed by atoms with van der Waals surface area (Å²) in [6.07, 6.45) is 0. The minimum Gasteiger partial charge on any atom is -0.335 e. The third kappa shape index (κ3) is 3.45. The summed E-state index contributed by atoms with van der Waals surface area (Å²) in [5, 5.41) is 15.4. The third-order valence-corrected chi connectivity index (χ3v) is 4.57. The lowest BCUT2D eigenvalue weighted by molar-refractivity contribution is 0.102. The first-order valence-electron chi connectivity index (χ1n) is 6.69. The van der Waals surface area contributed by atoms with Crippen molar-refractivity contribution in [2.24, 2.45) is 0 Å². The number of nitrogens with two attached hydrogens (primary N) is 1. The Labute approximate surface area is 144 Å². The Hall–Kier alpha value is -2.13. The van der Waals surface area contributed by atoms with Gasteiger partial charge >= 0.3 is 0 Å². The molecule has 0 aliphatic rings. The molecule has 3 N–H and O–H groups in total. The van der Waals surface area contributed by atoms with Crippen molar-refractivity contribution in [3.63, 3.8) is 0 Å². The van der Waals surface area contributed by atoms with E-state index < -0.39 is 0 Å². The van der Waals surface area contributed by atoms with Gasteiger partial charge in [-0.2, -0.15) is 5.10 Å². The second-order valence-electron chi connectivity index (χ2n) is 4.83. The van der Waals surface area contributed by atoms with Gasteiger partial charge in [0.05, 0.1) is 5.75 Å². The van der Waals surface area contributed by atoms with E-state index in [9.17, 15) is 4.79 Å². The van der Waals surface area contributed by atoms with Crippen molar-refractivity contribution in [1.82, 2.24) is 25.1 Å². The number of carbonyl (C=O) groups is 1. The molecule has 9 heteroatoms. The predicted octanol–water partition coefficient (Wildman–Crippen LogP) is 2.43. The SMILES string of the molecule is Cc1cc(-c2nnc(SCC(=O)c3ccc(Br)cc3)n2N)n[nH]1. The number of Topliss-reactive ketones (excluding diaryl/α,β-unsaturated/α-hetero) is 1. The Balaban J connectivity index is 1.70. The molecule has 3 aromatic rings. The molecular weight excluding hydrogens is 380 g/mol. The summed E-state index contributed by atoms with van der Waals surface area (Å²) in [7, 11) is 0. The minimum atomic E-state index is 0.00247. The fourth-order valence-electron chi connectivity index (χ4n) is 1.93. The van der Waals surface area contributed by atoms with E-state index in [1.165, 1.54) is 16.4 Å². The van der Waals surface area contributed by atoms with Crippen molar-refractivity contribution in [2.75, 3.05) is 11.6 Å². The van der Waals surface area contributed by atoms with Crippen molar-refractivity contribution in [2.45, 2.75) is 12.1 Å². The van der Waals surface area contributed by atoms with E-state index >= 15 is 0 Å². The van der Waals surface area contributed by atoms with Crippen LogP contribution in [0.25, 0.3) is 11.5 Å². The van der Waals surface area contributed by atoms with Gasteiger partial charge in [0.2, 0.25) is 11.0 Å². The number of nitrogens with zero attached hydrogens (tertiary/aromatic N) is 4. The van der Waals surface area contributed by atoms with E-state index in [0.29, 0.717) is 22.2 Å². The molecule has 0 aliphatic carbocycles. The summed E-state index contributed by atoms with van der Waals surface area (Å²) in [5.41, 5.74) is 2.16. The van der Waals surface area contributed by atoms with Crippen LogP contribution >= 0.6 is 27.7 Å². The minimum absolute atomic E-state index is 0.00247. The summed E-state index contributed by atoms with van der Waals surface area (Å²) >= 11 is 4.58. The lowest BCUT2D eigenvalue weighted by Crippen LogP contribution is -2.13. The summed E-state index contributed by atoms with van der Waals surface area (Å²) < 4.78 is 2.28. The summed E-state index contributed by atoms with van der Waals surface area (Å²) in [4.78, 5) is 12.2. The number of hydrogen-bond donors (Lipinski definition) is 2. The Morgan fingerprint density at radius 2 is 2.09 bits per heavy atom. The average molecular weight is 393 g/mol. The molecule has 0 spiro atoms. The second kappa shape index (κ2) is 6.55. The first-order valence-corrected chi connectivity index (χ1v) is 8.47. The zero-order valence-corrected chi connectivity index (χ0v) is 14.6. The highest BCUT2D eigenvalue weighted by Gasteiger charge is 2.16. The molecule has 0 bridgehead atoms. The highest BCUT2D eigenvalue weighted by Crippen LogP contribution is 2.21. The number of nitrogens with one attached hydrogen (secondary N) is 1. The van der Waals surface area contributed by atoms with E-state index in [0.717, 1.165) is 10.2 Å². The van der Waals surface area contributed by atoms with E-state index in [2.05, 4.69) is 36.3 Å². The maximum Gasteiger partial charge on any atom is 0.210 e. The Morgan fingerprint density at radius 3 is 2.74 bits per heavy atom. The maximum atomic E-state index is 12.2. The van der Waals surface area contributed by atoms with Gasteiger partial charge in [0.15, 0.2) is 5.78 Å². The predicted molar refractivity (Wildman–Crippen MR) is 91.7 cm³/mol. The molecule has 1 aromatic carbocycles. The normalized spacial score (nSPS) is 10.9. The smallest absolute Gasteiger partial charge is 0.210 e. The van der Waals surface area contributed by atoms with E-state index in [-0.39, 0.29) is 11.5 Å². The van der Waals surface area contributed by atoms with Gasteiger partial charge in [-0.25, -0.2) is 4.68 Å². The van der Waals surface area contributed by atoms with Gasteiger partial charge in [-0.1, -0.05) is 39.8 Å². The number of carbonyl (C=O) groups excluding carboxylic acids is 1. The monoisotopic (exact) mass is 392 g/mol. The first-order chi connectivity index (χ1) is 11.0. The Kier molecular flexibility index (Phi) is 4.49. The summed E-state index contributed by atoms with van der Waals surface area (Å²) in [6, 6.07) is 9.05. The highest BCUT2D eigenvalue weighted by molar-refractivity contribution is 9.10. The van der Waals surface area contributed by atoms with Crippen molar-refractivity contribution >= 4 is 33.5 Å². The number of thioether (sulfide) groups is 1. The van der Waals surface area contributed by atoms with Crippen LogP contribution in [-0.2, 0) is 0 Å². The lowest BCUT2D eigenvalue weighted by Gasteiger charge is -2.02. The van der Waals surface area contributed by atoms with Crippen molar-refractivity contribution < 1.29 is 4.79 Å². The molecular formula is C14H13BrN6OS. The average Bonchev–Trinajstić information content (AvgIpc) is 3.11. The molecule has 7 nitrogen and oxygen atoms in total. The molecule has 0 amide bonds. The summed E-state index contributed by atoms with van der Waals surface area (Å²) in [5.74, 6) is 6.68. The van der Waals surface area contributed by atoms with Crippen LogP contribution in [0.4, 0.5) is 0 Å². The van der Waals surface area contributed by atoms with Crippen molar-refractivity contribution in [3.05, 3.63) is 46.1 Å². The number of ketones is 1. The quantitative estimate of drug-likeness (QED) is 0.392. The molecule has 0 unspecified atom stereocenters. The van der Waals surface area contributed by atoms with Crippen LogP contribution in [0.3, 0.4) is 0 Å². The number of nitrogen functional groups attached to an aromatic ring is 1. The molecule has 0 saturated heterocycles. The van der Waals surface area contributed by atoms with E-state index in [1.807, 2.05) is 25.1 Å². The number of rotatable bonds is 5. The molecule has 118 valence electrons. The Bertz CT molecular complexity index is 841. The molecule has 2 heterocycles. The molecule has 0 atom stereocenters. The first kappa shape index (κ1) is 15.8. The third-order valence-electron chi connectivity index (χ3n) is 3.10. The Morgan fingerprint density at radius 1 is 1.35 bits per heavy atom. The largest absolute Gasteiger partial charge is 0.335 e. The van der Waals surface area contributed by atoms with Gasteiger partial charge in [-0.05, 0) is 25.1 Å². The second-order valence-corrected chi connectivity index (χ2v) is 6.69. The fourth-order valence-corrected chi connectivity index (χ4v) is 2.95. The van der Waals surface area contributed by atoms with Gasteiger partial charge in [-0.15, -0.1) is 10.2 Å². The molecule has 3 rings (SSSR count). The van der Waals surface area contributed by atoms with Crippen molar-refractivity contribution in [3.8, 4) is 11.5 Å². The van der Waals surface area contributed by atoms with E-state index in [4.69, 9.17) is 5.84 Å². The van der Waals surface area contributed by atoms with Gasteiger partial charge in [-0.3, -0.25) is 9.89 Å². The topological polar surface area (TPSA) is 102 Å². The molecule has 23 heavy (non-hydrogen) atoms. The fraction of sp³-hybridized carbons (Fsp3) is 0.143. The molecule has 0 aliphatic heterocycles. The van der Waals surface area contributed by atoms with Gasteiger partial charge in [0.25, 0.3) is 0 Å². The van der Waals surface area contributed by atoms with Crippen LogP contribution in [0, 0.1) is 6.92 Å². The zero-order chi connectivity index (χ0) is 16.4. The van der Waals surface area contributed by atoms with Gasteiger partial charge in [0, 0.05) is 15.7 Å². The number of aryl methyl sites for hydroxylation is 1. The standard InChI is InChI=1S/C14H13BrN6OS/c1-8-6-11(18-17-8)13-19-20-14(21(13)16)23-7-12(22)9-2-4-10(15)5-3-9/h2-6H,7,16H2,1H3,(H,17,18). The maximum absolute atomic E-state index is 12.2.